The second kappa shape index (κ2) is 7.69. The molecule has 0 aliphatic rings. The molecule has 0 amide bonds. The van der Waals surface area contributed by atoms with Crippen LogP contribution in [0.2, 0.25) is 10.0 Å². The number of rotatable bonds is 5. The molecule has 26 heavy (non-hydrogen) atoms. The third kappa shape index (κ3) is 4.10. The Balaban J connectivity index is 1.75. The van der Waals surface area contributed by atoms with Gasteiger partial charge in [0.1, 0.15) is 5.75 Å². The summed E-state index contributed by atoms with van der Waals surface area (Å²) in [6, 6.07) is 8.80. The van der Waals surface area contributed by atoms with E-state index < -0.39 is 4.92 Å². The van der Waals surface area contributed by atoms with Gasteiger partial charge >= 0.3 is 0 Å². The fourth-order valence-corrected chi connectivity index (χ4v) is 3.23. The molecule has 1 heterocycles. The number of aromatic hydroxyl groups is 1. The third-order valence-corrected chi connectivity index (χ3v) is 4.59. The van der Waals surface area contributed by atoms with Crippen LogP contribution in [0.1, 0.15) is 5.56 Å². The van der Waals surface area contributed by atoms with Crippen LogP contribution in [0.3, 0.4) is 0 Å². The van der Waals surface area contributed by atoms with E-state index in [1.54, 1.807) is 23.6 Å². The van der Waals surface area contributed by atoms with Gasteiger partial charge in [0.25, 0.3) is 5.69 Å². The maximum atomic E-state index is 10.8. The fraction of sp³-hybridized carbons (Fsp3) is 0. The van der Waals surface area contributed by atoms with Crippen LogP contribution in [0.4, 0.5) is 10.8 Å². The Kier molecular flexibility index (Phi) is 5.36. The Morgan fingerprint density at radius 2 is 2.08 bits per heavy atom. The van der Waals surface area contributed by atoms with Gasteiger partial charge in [-0.25, -0.2) is 4.98 Å². The standard InChI is InChI=1S/C16H10Cl2N4O3S/c17-10-1-3-12(13(18)6-10)14-8-26-16(20-14)21-19-7-9-5-11(22(24)25)2-4-15(9)23/h1-8,23H,(H,20,21)/b19-7-. The highest BCUT2D eigenvalue weighted by molar-refractivity contribution is 7.14. The number of aromatic nitrogens is 1. The minimum Gasteiger partial charge on any atom is -0.507 e. The van der Waals surface area contributed by atoms with Crippen molar-refractivity contribution >= 4 is 51.6 Å². The van der Waals surface area contributed by atoms with Crippen LogP contribution >= 0.6 is 34.5 Å². The molecule has 0 aliphatic heterocycles. The summed E-state index contributed by atoms with van der Waals surface area (Å²) in [5.41, 5.74) is 4.18. The molecule has 0 spiro atoms. The zero-order valence-electron chi connectivity index (χ0n) is 12.9. The van der Waals surface area contributed by atoms with E-state index in [1.807, 2.05) is 0 Å². The highest BCUT2D eigenvalue weighted by Gasteiger charge is 2.10. The largest absolute Gasteiger partial charge is 0.507 e. The minimum atomic E-state index is -0.548. The SMILES string of the molecule is O=[N+]([O-])c1ccc(O)c(/C=N\Nc2nc(-c3ccc(Cl)cc3Cl)cs2)c1. The fourth-order valence-electron chi connectivity index (χ4n) is 2.06. The first-order chi connectivity index (χ1) is 12.4. The number of hydrogen-bond donors (Lipinski definition) is 2. The van der Waals surface area contributed by atoms with Gasteiger partial charge in [0.15, 0.2) is 0 Å². The number of hydrazone groups is 1. The number of nitrogens with one attached hydrogen (secondary N) is 1. The van der Waals surface area contributed by atoms with Crippen LogP contribution in [0.15, 0.2) is 46.9 Å². The van der Waals surface area contributed by atoms with Gasteiger partial charge in [-0.3, -0.25) is 15.5 Å². The Morgan fingerprint density at radius 1 is 1.27 bits per heavy atom. The maximum absolute atomic E-state index is 10.8. The van der Waals surface area contributed by atoms with E-state index in [0.29, 0.717) is 20.9 Å². The van der Waals surface area contributed by atoms with Gasteiger partial charge in [0, 0.05) is 33.7 Å². The second-order valence-electron chi connectivity index (χ2n) is 5.03. The number of nitro groups is 1. The number of hydrogen-bond acceptors (Lipinski definition) is 7. The molecule has 2 N–H and O–H groups in total. The molecule has 0 saturated heterocycles. The number of benzene rings is 2. The monoisotopic (exact) mass is 408 g/mol. The van der Waals surface area contributed by atoms with E-state index in [-0.39, 0.29) is 17.0 Å². The van der Waals surface area contributed by atoms with E-state index in [9.17, 15) is 15.2 Å². The molecule has 3 rings (SSSR count). The van der Waals surface area contributed by atoms with Crippen molar-refractivity contribution in [3.05, 3.63) is 67.5 Å². The first-order valence-electron chi connectivity index (χ1n) is 7.11. The number of phenolic OH excluding ortho intramolecular Hbond substituents is 1. The Labute approximate surface area is 161 Å². The average Bonchev–Trinajstić information content (AvgIpc) is 3.05. The van der Waals surface area contributed by atoms with Crippen LogP contribution < -0.4 is 5.43 Å². The van der Waals surface area contributed by atoms with Crippen molar-refractivity contribution in [2.75, 3.05) is 5.43 Å². The van der Waals surface area contributed by atoms with Crippen LogP contribution in [-0.4, -0.2) is 21.2 Å². The molecule has 0 atom stereocenters. The molecule has 10 heteroatoms. The highest BCUT2D eigenvalue weighted by atomic mass is 35.5. The average molecular weight is 409 g/mol. The normalized spacial score (nSPS) is 11.0. The Hall–Kier alpha value is -2.68. The van der Waals surface area contributed by atoms with Crippen molar-refractivity contribution in [1.82, 2.24) is 4.98 Å². The molecule has 7 nitrogen and oxygen atoms in total. The minimum absolute atomic E-state index is 0.117. The molecule has 0 fully saturated rings. The lowest BCUT2D eigenvalue weighted by atomic mass is 10.2. The van der Waals surface area contributed by atoms with E-state index in [4.69, 9.17) is 23.2 Å². The molecule has 0 bridgehead atoms. The summed E-state index contributed by atoms with van der Waals surface area (Å²) >= 11 is 13.4. The smallest absolute Gasteiger partial charge is 0.270 e. The molecule has 3 aromatic rings. The molecular weight excluding hydrogens is 399 g/mol. The van der Waals surface area contributed by atoms with Gasteiger partial charge in [-0.05, 0) is 24.3 Å². The zero-order chi connectivity index (χ0) is 18.7. The molecule has 1 aromatic heterocycles. The van der Waals surface area contributed by atoms with Gasteiger partial charge < -0.3 is 5.11 Å². The predicted octanol–water partition coefficient (Wildman–Crippen LogP) is 5.18. The molecule has 0 saturated carbocycles. The summed E-state index contributed by atoms with van der Waals surface area (Å²) in [6.07, 6.45) is 1.28. The Bertz CT molecular complexity index is 1010. The van der Waals surface area contributed by atoms with Gasteiger partial charge in [0.2, 0.25) is 5.13 Å². The zero-order valence-corrected chi connectivity index (χ0v) is 15.2. The quantitative estimate of drug-likeness (QED) is 0.344. The van der Waals surface area contributed by atoms with Gasteiger partial charge in [-0.15, -0.1) is 11.3 Å². The van der Waals surface area contributed by atoms with Crippen LogP contribution in [0, 0.1) is 10.1 Å². The van der Waals surface area contributed by atoms with Gasteiger partial charge in [-0.1, -0.05) is 23.2 Å². The topological polar surface area (TPSA) is 101 Å². The lowest BCUT2D eigenvalue weighted by Crippen LogP contribution is -1.93. The van der Waals surface area contributed by atoms with E-state index in [2.05, 4.69) is 15.5 Å². The number of nitro benzene ring substituents is 1. The summed E-state index contributed by atoms with van der Waals surface area (Å²) in [5, 5.41) is 27.8. The number of thiazole rings is 1. The number of anilines is 1. The number of phenols is 1. The van der Waals surface area contributed by atoms with Gasteiger partial charge in [-0.2, -0.15) is 5.10 Å². The van der Waals surface area contributed by atoms with E-state index in [1.165, 1.54) is 35.8 Å². The molecule has 0 unspecified atom stereocenters. The van der Waals surface area contributed by atoms with E-state index >= 15 is 0 Å². The van der Waals surface area contributed by atoms with Crippen molar-refractivity contribution < 1.29 is 10.0 Å². The van der Waals surface area contributed by atoms with Gasteiger partial charge in [0.05, 0.1) is 21.9 Å². The lowest BCUT2D eigenvalue weighted by Gasteiger charge is -2.01. The molecule has 0 radical (unpaired) electrons. The van der Waals surface area contributed by atoms with Crippen LogP contribution in [0.25, 0.3) is 11.3 Å². The van der Waals surface area contributed by atoms with Crippen molar-refractivity contribution in [2.24, 2.45) is 5.10 Å². The Morgan fingerprint density at radius 3 is 2.81 bits per heavy atom. The number of non-ortho nitro benzene ring substituents is 1. The lowest BCUT2D eigenvalue weighted by molar-refractivity contribution is -0.384. The molecular formula is C16H10Cl2N4O3S. The summed E-state index contributed by atoms with van der Waals surface area (Å²) < 4.78 is 0. The predicted molar refractivity (Wildman–Crippen MR) is 104 cm³/mol. The van der Waals surface area contributed by atoms with Crippen molar-refractivity contribution in [2.45, 2.75) is 0 Å². The third-order valence-electron chi connectivity index (χ3n) is 3.30. The molecule has 2 aromatic carbocycles. The van der Waals surface area contributed by atoms with Crippen molar-refractivity contribution in [1.29, 1.82) is 0 Å². The molecule has 132 valence electrons. The number of nitrogens with zero attached hydrogens (tertiary/aromatic N) is 3. The van der Waals surface area contributed by atoms with Crippen molar-refractivity contribution in [3.63, 3.8) is 0 Å². The second-order valence-corrected chi connectivity index (χ2v) is 6.73. The molecule has 0 aliphatic carbocycles. The highest BCUT2D eigenvalue weighted by Crippen LogP contribution is 2.32. The van der Waals surface area contributed by atoms with Crippen LogP contribution in [-0.2, 0) is 0 Å². The first-order valence-corrected chi connectivity index (χ1v) is 8.75. The maximum Gasteiger partial charge on any atom is 0.270 e. The van der Waals surface area contributed by atoms with Crippen molar-refractivity contribution in [3.8, 4) is 17.0 Å². The summed E-state index contributed by atoms with van der Waals surface area (Å²) in [6.45, 7) is 0. The van der Waals surface area contributed by atoms with Crippen LogP contribution in [0.5, 0.6) is 5.75 Å². The van der Waals surface area contributed by atoms with E-state index in [0.717, 1.165) is 5.56 Å². The summed E-state index contributed by atoms with van der Waals surface area (Å²) in [7, 11) is 0. The summed E-state index contributed by atoms with van der Waals surface area (Å²) in [4.78, 5) is 14.6. The number of halogens is 2. The summed E-state index contributed by atoms with van der Waals surface area (Å²) in [5.74, 6) is -0.117. The first kappa shape index (κ1) is 18.1.